The molecular weight excluding hydrogens is 350 g/mol. The van der Waals surface area contributed by atoms with E-state index in [9.17, 15) is 9.59 Å². The summed E-state index contributed by atoms with van der Waals surface area (Å²) in [7, 11) is 0. The van der Waals surface area contributed by atoms with Crippen molar-refractivity contribution < 1.29 is 14.1 Å². The highest BCUT2D eigenvalue weighted by atomic mass is 79.9. The molecule has 0 atom stereocenters. The molecule has 22 heavy (non-hydrogen) atoms. The molecule has 0 aliphatic heterocycles. The fraction of sp³-hybridized carbons (Fsp3) is 0.267. The maximum atomic E-state index is 12.5. The molecule has 0 radical (unpaired) electrons. The van der Waals surface area contributed by atoms with Gasteiger partial charge in [-0.15, -0.1) is 0 Å². The summed E-state index contributed by atoms with van der Waals surface area (Å²) < 4.78 is 5.54. The summed E-state index contributed by atoms with van der Waals surface area (Å²) in [6, 6.07) is 8.59. The summed E-state index contributed by atoms with van der Waals surface area (Å²) in [6.07, 6.45) is 2.13. The molecule has 0 aliphatic carbocycles. The normalized spacial score (nSPS) is 10.3. The van der Waals surface area contributed by atoms with Crippen LogP contribution in [0.4, 0.5) is 5.82 Å². The van der Waals surface area contributed by atoms with Gasteiger partial charge in [-0.25, -0.2) is 0 Å². The van der Waals surface area contributed by atoms with Crippen molar-refractivity contribution in [3.8, 4) is 0 Å². The minimum absolute atomic E-state index is 0.0321. The first-order valence-corrected chi connectivity index (χ1v) is 7.64. The molecule has 2 aromatic rings. The molecule has 0 saturated heterocycles. The van der Waals surface area contributed by atoms with Crippen molar-refractivity contribution in [1.29, 1.82) is 0 Å². The van der Waals surface area contributed by atoms with Crippen molar-refractivity contribution in [3.05, 3.63) is 46.6 Å². The van der Waals surface area contributed by atoms with Gasteiger partial charge >= 0.3 is 0 Å². The largest absolute Gasteiger partial charge is 0.363 e. The maximum absolute atomic E-state index is 12.5. The number of aromatic nitrogens is 1. The Morgan fingerprint density at radius 3 is 2.59 bits per heavy atom. The predicted molar refractivity (Wildman–Crippen MR) is 85.5 cm³/mol. The molecule has 1 aromatic heterocycles. The van der Waals surface area contributed by atoms with E-state index in [-0.39, 0.29) is 18.4 Å². The molecule has 1 aromatic carbocycles. The van der Waals surface area contributed by atoms with Crippen LogP contribution in [0, 0.1) is 0 Å². The SMILES string of the molecule is CCCN(CC(=O)Nc1ccon1)C(=O)c1ccc(Br)cc1. The fourth-order valence-corrected chi connectivity index (χ4v) is 2.19. The van der Waals surface area contributed by atoms with Crippen molar-refractivity contribution >= 4 is 33.6 Å². The zero-order valence-electron chi connectivity index (χ0n) is 12.1. The minimum Gasteiger partial charge on any atom is -0.363 e. The molecule has 0 unspecified atom stereocenters. The second-order valence-corrected chi connectivity index (χ2v) is 5.58. The van der Waals surface area contributed by atoms with Gasteiger partial charge in [0.25, 0.3) is 5.91 Å². The van der Waals surface area contributed by atoms with Crippen LogP contribution in [0.1, 0.15) is 23.7 Å². The van der Waals surface area contributed by atoms with Crippen molar-refractivity contribution in [1.82, 2.24) is 10.1 Å². The topological polar surface area (TPSA) is 75.4 Å². The Kier molecular flexibility index (Phi) is 5.71. The number of nitrogens with one attached hydrogen (secondary N) is 1. The molecule has 0 aliphatic rings. The summed E-state index contributed by atoms with van der Waals surface area (Å²) in [5.41, 5.74) is 0.547. The first-order chi connectivity index (χ1) is 10.6. The monoisotopic (exact) mass is 365 g/mol. The highest BCUT2D eigenvalue weighted by Gasteiger charge is 2.18. The minimum atomic E-state index is -0.312. The average Bonchev–Trinajstić information content (AvgIpc) is 2.99. The lowest BCUT2D eigenvalue weighted by atomic mass is 10.2. The van der Waals surface area contributed by atoms with Gasteiger partial charge < -0.3 is 14.7 Å². The Labute approximate surface area is 136 Å². The van der Waals surface area contributed by atoms with E-state index in [1.54, 1.807) is 30.3 Å². The standard InChI is InChI=1S/C15H16BrN3O3/c1-2-8-19(10-14(20)17-13-7-9-22-18-13)15(21)11-3-5-12(16)6-4-11/h3-7,9H,2,8,10H2,1H3,(H,17,18,20). The molecule has 2 amide bonds. The number of carbonyl (C=O) groups excluding carboxylic acids is 2. The zero-order chi connectivity index (χ0) is 15.9. The quantitative estimate of drug-likeness (QED) is 0.853. The highest BCUT2D eigenvalue weighted by molar-refractivity contribution is 9.10. The van der Waals surface area contributed by atoms with E-state index in [2.05, 4.69) is 30.9 Å². The average molecular weight is 366 g/mol. The smallest absolute Gasteiger partial charge is 0.254 e. The van der Waals surface area contributed by atoms with Crippen LogP contribution in [0.25, 0.3) is 0 Å². The highest BCUT2D eigenvalue weighted by Crippen LogP contribution is 2.13. The van der Waals surface area contributed by atoms with E-state index >= 15 is 0 Å². The lowest BCUT2D eigenvalue weighted by molar-refractivity contribution is -0.116. The Hall–Kier alpha value is -2.15. The third-order valence-corrected chi connectivity index (χ3v) is 3.44. The van der Waals surface area contributed by atoms with Gasteiger partial charge in [-0.1, -0.05) is 28.0 Å². The van der Waals surface area contributed by atoms with Gasteiger partial charge in [-0.05, 0) is 30.7 Å². The molecule has 0 fully saturated rings. The van der Waals surface area contributed by atoms with Crippen LogP contribution in [-0.4, -0.2) is 35.0 Å². The molecule has 0 spiro atoms. The van der Waals surface area contributed by atoms with E-state index < -0.39 is 0 Å². The third-order valence-electron chi connectivity index (χ3n) is 2.91. The molecular formula is C15H16BrN3O3. The maximum Gasteiger partial charge on any atom is 0.254 e. The Morgan fingerprint density at radius 2 is 2.00 bits per heavy atom. The zero-order valence-corrected chi connectivity index (χ0v) is 13.7. The first kappa shape index (κ1) is 16.2. The molecule has 0 bridgehead atoms. The summed E-state index contributed by atoms with van der Waals surface area (Å²) in [4.78, 5) is 26.0. The number of anilines is 1. The molecule has 116 valence electrons. The van der Waals surface area contributed by atoms with Gasteiger partial charge in [-0.2, -0.15) is 0 Å². The lowest BCUT2D eigenvalue weighted by Crippen LogP contribution is -2.38. The summed E-state index contributed by atoms with van der Waals surface area (Å²) in [5, 5.41) is 6.19. The van der Waals surface area contributed by atoms with E-state index in [0.29, 0.717) is 17.9 Å². The van der Waals surface area contributed by atoms with Gasteiger partial charge in [0.15, 0.2) is 5.82 Å². The third kappa shape index (κ3) is 4.42. The van der Waals surface area contributed by atoms with Crippen LogP contribution < -0.4 is 5.32 Å². The Bertz CT molecular complexity index is 626. The number of nitrogens with zero attached hydrogens (tertiary/aromatic N) is 2. The van der Waals surface area contributed by atoms with Crippen molar-refractivity contribution in [2.75, 3.05) is 18.4 Å². The number of amides is 2. The van der Waals surface area contributed by atoms with E-state index in [1.165, 1.54) is 11.2 Å². The number of hydrogen-bond donors (Lipinski definition) is 1. The van der Waals surface area contributed by atoms with Crippen LogP contribution in [0.3, 0.4) is 0 Å². The summed E-state index contributed by atoms with van der Waals surface area (Å²) >= 11 is 3.33. The van der Waals surface area contributed by atoms with Gasteiger partial charge in [0.05, 0.1) is 0 Å². The van der Waals surface area contributed by atoms with Crippen LogP contribution in [-0.2, 0) is 4.79 Å². The molecule has 6 nitrogen and oxygen atoms in total. The number of carbonyl (C=O) groups is 2. The van der Waals surface area contributed by atoms with E-state index in [1.807, 2.05) is 6.92 Å². The van der Waals surface area contributed by atoms with Crippen LogP contribution in [0.15, 0.2) is 45.6 Å². The fourth-order valence-electron chi connectivity index (χ4n) is 1.93. The molecule has 2 rings (SSSR count). The van der Waals surface area contributed by atoms with E-state index in [4.69, 9.17) is 0 Å². The summed E-state index contributed by atoms with van der Waals surface area (Å²) in [5.74, 6) is -0.157. The van der Waals surface area contributed by atoms with Crippen LogP contribution in [0.5, 0.6) is 0 Å². The number of hydrogen-bond acceptors (Lipinski definition) is 4. The lowest BCUT2D eigenvalue weighted by Gasteiger charge is -2.21. The van der Waals surface area contributed by atoms with E-state index in [0.717, 1.165) is 10.9 Å². The van der Waals surface area contributed by atoms with Crippen molar-refractivity contribution in [2.24, 2.45) is 0 Å². The van der Waals surface area contributed by atoms with Gasteiger partial charge in [0.2, 0.25) is 5.91 Å². The van der Waals surface area contributed by atoms with Gasteiger partial charge in [0, 0.05) is 22.6 Å². The van der Waals surface area contributed by atoms with Crippen LogP contribution in [0.2, 0.25) is 0 Å². The summed E-state index contributed by atoms with van der Waals surface area (Å²) in [6.45, 7) is 2.42. The van der Waals surface area contributed by atoms with Crippen molar-refractivity contribution in [2.45, 2.75) is 13.3 Å². The second-order valence-electron chi connectivity index (χ2n) is 4.67. The number of rotatable bonds is 6. The number of halogens is 1. The molecule has 0 saturated carbocycles. The Balaban J connectivity index is 2.03. The molecule has 7 heteroatoms. The Morgan fingerprint density at radius 1 is 1.27 bits per heavy atom. The number of benzene rings is 1. The first-order valence-electron chi connectivity index (χ1n) is 6.85. The second kappa shape index (κ2) is 7.74. The molecule has 1 N–H and O–H groups in total. The van der Waals surface area contributed by atoms with Gasteiger partial charge in [-0.3, -0.25) is 9.59 Å². The van der Waals surface area contributed by atoms with Gasteiger partial charge in [0.1, 0.15) is 12.8 Å². The van der Waals surface area contributed by atoms with Crippen molar-refractivity contribution in [3.63, 3.8) is 0 Å². The predicted octanol–water partition coefficient (Wildman–Crippen LogP) is 2.93. The molecule has 1 heterocycles. The van der Waals surface area contributed by atoms with Crippen LogP contribution >= 0.6 is 15.9 Å².